The standard InChI is InChI=1S/C20H25F3N4O/c1-11(2)17(10-28)26-19-25-16(13-5-6-13)9-18(27-19)24-15-8-14(20(21,22)23)7-4-12(15)3/h4,7-9,11,13,17,28H,5-6,10H2,1-3H3,(H2,24,25,26,27)/t17-/m0/s1. The number of aliphatic hydroxyl groups excluding tert-OH is 1. The van der Waals surface area contributed by atoms with Crippen LogP contribution in [0.2, 0.25) is 0 Å². The SMILES string of the molecule is Cc1ccc(C(F)(F)F)cc1Nc1cc(C2CC2)nc(N[C@@H](CO)C(C)C)n1. The number of nitrogens with one attached hydrogen (secondary N) is 2. The summed E-state index contributed by atoms with van der Waals surface area (Å²) in [5, 5.41) is 15.7. The lowest BCUT2D eigenvalue weighted by atomic mass is 10.1. The number of aromatic nitrogens is 2. The number of halogens is 3. The number of hydrogen-bond donors (Lipinski definition) is 3. The summed E-state index contributed by atoms with van der Waals surface area (Å²) >= 11 is 0. The molecule has 0 radical (unpaired) electrons. The summed E-state index contributed by atoms with van der Waals surface area (Å²) in [4.78, 5) is 8.95. The molecule has 1 aromatic heterocycles. The largest absolute Gasteiger partial charge is 0.416 e. The second-order valence-corrected chi connectivity index (χ2v) is 7.61. The Labute approximate surface area is 162 Å². The minimum absolute atomic E-state index is 0.0653. The summed E-state index contributed by atoms with van der Waals surface area (Å²) in [5.41, 5.74) is 1.17. The number of aliphatic hydroxyl groups is 1. The zero-order chi connectivity index (χ0) is 20.5. The Balaban J connectivity index is 1.91. The maximum atomic E-state index is 13.1. The van der Waals surface area contributed by atoms with Crippen molar-refractivity contribution in [2.75, 3.05) is 17.2 Å². The average molecular weight is 394 g/mol. The molecule has 152 valence electrons. The van der Waals surface area contributed by atoms with Crippen molar-refractivity contribution in [3.8, 4) is 0 Å². The van der Waals surface area contributed by atoms with Crippen molar-refractivity contribution >= 4 is 17.5 Å². The van der Waals surface area contributed by atoms with Crippen LogP contribution in [0.15, 0.2) is 24.3 Å². The molecule has 0 unspecified atom stereocenters. The van der Waals surface area contributed by atoms with E-state index in [0.717, 1.165) is 30.7 Å². The third-order valence-corrected chi connectivity index (χ3v) is 4.89. The van der Waals surface area contributed by atoms with Gasteiger partial charge in [0.2, 0.25) is 5.95 Å². The van der Waals surface area contributed by atoms with Gasteiger partial charge >= 0.3 is 6.18 Å². The minimum Gasteiger partial charge on any atom is -0.394 e. The first-order valence-corrected chi connectivity index (χ1v) is 9.38. The quantitative estimate of drug-likeness (QED) is 0.626. The van der Waals surface area contributed by atoms with Crippen LogP contribution in [0, 0.1) is 12.8 Å². The van der Waals surface area contributed by atoms with Crippen LogP contribution in [0.4, 0.5) is 30.6 Å². The number of nitrogens with zero attached hydrogens (tertiary/aromatic N) is 2. The highest BCUT2D eigenvalue weighted by Gasteiger charge is 2.31. The molecular weight excluding hydrogens is 369 g/mol. The van der Waals surface area contributed by atoms with Gasteiger partial charge in [-0.05, 0) is 43.4 Å². The van der Waals surface area contributed by atoms with E-state index in [1.54, 1.807) is 13.0 Å². The van der Waals surface area contributed by atoms with E-state index in [4.69, 9.17) is 0 Å². The van der Waals surface area contributed by atoms with Gasteiger partial charge in [-0.2, -0.15) is 18.2 Å². The summed E-state index contributed by atoms with van der Waals surface area (Å²) in [6.07, 6.45) is -2.34. The molecule has 5 nitrogen and oxygen atoms in total. The van der Waals surface area contributed by atoms with Crippen LogP contribution >= 0.6 is 0 Å². The number of benzene rings is 1. The van der Waals surface area contributed by atoms with Gasteiger partial charge in [-0.25, -0.2) is 4.98 Å². The van der Waals surface area contributed by atoms with Crippen LogP contribution in [0.25, 0.3) is 0 Å². The van der Waals surface area contributed by atoms with E-state index in [-0.39, 0.29) is 18.6 Å². The number of anilines is 3. The van der Waals surface area contributed by atoms with Gasteiger partial charge in [0.1, 0.15) is 5.82 Å². The second-order valence-electron chi connectivity index (χ2n) is 7.61. The summed E-state index contributed by atoms with van der Waals surface area (Å²) < 4.78 is 39.2. The highest BCUT2D eigenvalue weighted by Crippen LogP contribution is 2.40. The first kappa shape index (κ1) is 20.4. The van der Waals surface area contributed by atoms with Gasteiger partial charge in [-0.1, -0.05) is 19.9 Å². The molecule has 0 bridgehead atoms. The van der Waals surface area contributed by atoms with E-state index >= 15 is 0 Å². The molecule has 28 heavy (non-hydrogen) atoms. The zero-order valence-electron chi connectivity index (χ0n) is 16.1. The summed E-state index contributed by atoms with van der Waals surface area (Å²) in [7, 11) is 0. The summed E-state index contributed by atoms with van der Waals surface area (Å²) in [5.74, 6) is 1.31. The van der Waals surface area contributed by atoms with Crippen LogP contribution in [0.1, 0.15) is 49.4 Å². The minimum atomic E-state index is -4.41. The lowest BCUT2D eigenvalue weighted by Gasteiger charge is -2.21. The molecule has 1 saturated carbocycles. The molecule has 3 rings (SSSR count). The van der Waals surface area contributed by atoms with E-state index in [1.165, 1.54) is 6.07 Å². The van der Waals surface area contributed by atoms with Gasteiger partial charge in [0.25, 0.3) is 0 Å². The third-order valence-electron chi connectivity index (χ3n) is 4.89. The molecule has 1 fully saturated rings. The molecule has 0 saturated heterocycles. The molecular formula is C20H25F3N4O. The van der Waals surface area contributed by atoms with Crippen LogP contribution in [0.5, 0.6) is 0 Å². The van der Waals surface area contributed by atoms with Gasteiger partial charge in [0.05, 0.1) is 23.9 Å². The normalized spacial score (nSPS) is 15.6. The molecule has 0 amide bonds. The Kier molecular flexibility index (Phi) is 5.79. The monoisotopic (exact) mass is 394 g/mol. The molecule has 1 atom stereocenters. The summed E-state index contributed by atoms with van der Waals surface area (Å²) in [6.45, 7) is 5.63. The van der Waals surface area contributed by atoms with Crippen molar-refractivity contribution in [3.05, 3.63) is 41.1 Å². The Morgan fingerprint density at radius 2 is 1.89 bits per heavy atom. The average Bonchev–Trinajstić information content (AvgIpc) is 3.45. The fourth-order valence-electron chi connectivity index (χ4n) is 2.84. The van der Waals surface area contributed by atoms with E-state index in [1.807, 2.05) is 13.8 Å². The lowest BCUT2D eigenvalue weighted by molar-refractivity contribution is -0.137. The van der Waals surface area contributed by atoms with Crippen LogP contribution in [-0.4, -0.2) is 27.7 Å². The van der Waals surface area contributed by atoms with Gasteiger partial charge in [0.15, 0.2) is 0 Å². The Bertz CT molecular complexity index is 835. The number of alkyl halides is 3. The number of aryl methyl sites for hydroxylation is 1. The summed E-state index contributed by atoms with van der Waals surface area (Å²) in [6, 6.07) is 5.17. The first-order chi connectivity index (χ1) is 13.2. The number of rotatable bonds is 7. The molecule has 1 aliphatic carbocycles. The Morgan fingerprint density at radius 1 is 1.18 bits per heavy atom. The highest BCUT2D eigenvalue weighted by atomic mass is 19.4. The lowest BCUT2D eigenvalue weighted by Crippen LogP contribution is -2.30. The highest BCUT2D eigenvalue weighted by molar-refractivity contribution is 5.63. The van der Waals surface area contributed by atoms with Crippen molar-refractivity contribution < 1.29 is 18.3 Å². The smallest absolute Gasteiger partial charge is 0.394 e. The predicted molar refractivity (Wildman–Crippen MR) is 103 cm³/mol. The molecule has 1 aromatic carbocycles. The van der Waals surface area contributed by atoms with Crippen LogP contribution in [0.3, 0.4) is 0 Å². The second kappa shape index (κ2) is 7.95. The molecule has 1 heterocycles. The molecule has 8 heteroatoms. The van der Waals surface area contributed by atoms with E-state index in [0.29, 0.717) is 28.9 Å². The van der Waals surface area contributed by atoms with Crippen LogP contribution < -0.4 is 10.6 Å². The van der Waals surface area contributed by atoms with E-state index in [2.05, 4.69) is 20.6 Å². The predicted octanol–water partition coefficient (Wildman–Crippen LogP) is 4.85. The molecule has 1 aliphatic rings. The van der Waals surface area contributed by atoms with Crippen molar-refractivity contribution in [2.45, 2.75) is 51.7 Å². The molecule has 3 N–H and O–H groups in total. The van der Waals surface area contributed by atoms with Gasteiger partial charge < -0.3 is 15.7 Å². The van der Waals surface area contributed by atoms with Crippen molar-refractivity contribution in [3.63, 3.8) is 0 Å². The Morgan fingerprint density at radius 3 is 2.46 bits per heavy atom. The van der Waals surface area contributed by atoms with Gasteiger partial charge in [-0.15, -0.1) is 0 Å². The fourth-order valence-corrected chi connectivity index (χ4v) is 2.84. The molecule has 0 aliphatic heterocycles. The maximum absolute atomic E-state index is 13.1. The van der Waals surface area contributed by atoms with Crippen LogP contribution in [-0.2, 0) is 6.18 Å². The van der Waals surface area contributed by atoms with Crippen molar-refractivity contribution in [2.24, 2.45) is 5.92 Å². The molecule has 0 spiro atoms. The maximum Gasteiger partial charge on any atom is 0.416 e. The van der Waals surface area contributed by atoms with Crippen molar-refractivity contribution in [1.82, 2.24) is 9.97 Å². The third kappa shape index (κ3) is 4.92. The topological polar surface area (TPSA) is 70.1 Å². The Hall–Kier alpha value is -2.35. The zero-order valence-corrected chi connectivity index (χ0v) is 16.1. The van der Waals surface area contributed by atoms with E-state index < -0.39 is 11.7 Å². The fraction of sp³-hybridized carbons (Fsp3) is 0.500. The van der Waals surface area contributed by atoms with Gasteiger partial charge in [-0.3, -0.25) is 0 Å². The molecule has 2 aromatic rings. The number of hydrogen-bond acceptors (Lipinski definition) is 5. The van der Waals surface area contributed by atoms with E-state index in [9.17, 15) is 18.3 Å². The van der Waals surface area contributed by atoms with Gasteiger partial charge in [0, 0.05) is 17.7 Å². The first-order valence-electron chi connectivity index (χ1n) is 9.38. The van der Waals surface area contributed by atoms with Crippen molar-refractivity contribution in [1.29, 1.82) is 0 Å².